The van der Waals surface area contributed by atoms with Gasteiger partial charge in [0.25, 0.3) is 5.91 Å². The molecule has 3 aromatic carbocycles. The average Bonchev–Trinajstić information content (AvgIpc) is 3.65. The number of benzene rings is 3. The van der Waals surface area contributed by atoms with Gasteiger partial charge < -0.3 is 14.8 Å². The summed E-state index contributed by atoms with van der Waals surface area (Å²) in [5, 5.41) is 13.5. The number of nitrogens with zero attached hydrogens (tertiary/aromatic N) is 5. The lowest BCUT2D eigenvalue weighted by Gasteiger charge is -2.44. The number of rotatable bonds is 7. The third-order valence-electron chi connectivity index (χ3n) is 9.46. The van der Waals surface area contributed by atoms with Crippen molar-refractivity contribution < 1.29 is 35.9 Å². The fourth-order valence-electron chi connectivity index (χ4n) is 7.04. The summed E-state index contributed by atoms with van der Waals surface area (Å²) in [6.07, 6.45) is 1.03. The van der Waals surface area contributed by atoms with E-state index in [0.29, 0.717) is 64.7 Å². The Labute approximate surface area is 295 Å². The number of carbonyl (C=O) groups is 1. The van der Waals surface area contributed by atoms with Crippen molar-refractivity contribution in [2.45, 2.75) is 19.1 Å². The number of anilines is 1. The van der Waals surface area contributed by atoms with E-state index in [2.05, 4.69) is 5.32 Å². The number of amides is 1. The van der Waals surface area contributed by atoms with Crippen molar-refractivity contribution >= 4 is 60.0 Å². The monoisotopic (exact) mass is 728 g/mol. The molecular formula is C37H31F3N6O5S. The summed E-state index contributed by atoms with van der Waals surface area (Å²) < 4.78 is 78.9. The molecule has 0 atom stereocenters. The van der Waals surface area contributed by atoms with Crippen molar-refractivity contribution in [2.75, 3.05) is 37.7 Å². The number of carbonyl (C=O) groups excluding carboxylic acids is 1. The van der Waals surface area contributed by atoms with Gasteiger partial charge >= 0.3 is 0 Å². The van der Waals surface area contributed by atoms with Crippen LogP contribution in [0.15, 0.2) is 71.1 Å². The van der Waals surface area contributed by atoms with E-state index < -0.39 is 39.0 Å². The minimum Gasteiger partial charge on any atom is -0.455 e. The number of nitrogens with one attached hydrogen (secondary N) is 1. The molecule has 2 N–H and O–H groups in total. The largest absolute Gasteiger partial charge is 0.455 e. The van der Waals surface area contributed by atoms with Crippen LogP contribution in [-0.2, 0) is 16.6 Å². The topological polar surface area (TPSA) is 133 Å². The quantitative estimate of drug-likeness (QED) is 0.209. The Morgan fingerprint density at radius 1 is 0.981 bits per heavy atom. The maximum absolute atomic E-state index is 15.2. The minimum absolute atomic E-state index is 0.0504. The van der Waals surface area contributed by atoms with E-state index >= 15 is 8.78 Å². The summed E-state index contributed by atoms with van der Waals surface area (Å²) >= 11 is 0. The molecule has 1 amide bonds. The number of halogens is 3. The second kappa shape index (κ2) is 11.8. The molecule has 0 spiro atoms. The number of aliphatic hydroxyl groups is 1. The zero-order valence-electron chi connectivity index (χ0n) is 28.3. The molecule has 0 unspecified atom stereocenters. The second-order valence-electron chi connectivity index (χ2n) is 13.4. The first kappa shape index (κ1) is 33.6. The molecule has 1 aliphatic heterocycles. The fraction of sp³-hybridized carbons (Fsp3) is 0.216. The molecule has 1 aliphatic rings. The van der Waals surface area contributed by atoms with Crippen LogP contribution in [0.5, 0.6) is 0 Å². The van der Waals surface area contributed by atoms with E-state index in [9.17, 15) is 22.7 Å². The molecule has 0 saturated carbocycles. The number of hydrogen-bond acceptors (Lipinski definition) is 8. The van der Waals surface area contributed by atoms with Gasteiger partial charge in [0.05, 0.1) is 57.5 Å². The van der Waals surface area contributed by atoms with Crippen LogP contribution in [-0.4, -0.2) is 77.7 Å². The van der Waals surface area contributed by atoms with E-state index in [0.717, 1.165) is 22.7 Å². The van der Waals surface area contributed by atoms with Crippen molar-refractivity contribution in [1.29, 1.82) is 0 Å². The number of sulfonamides is 1. The summed E-state index contributed by atoms with van der Waals surface area (Å²) in [6.45, 7) is 3.03. The molecule has 5 heterocycles. The van der Waals surface area contributed by atoms with Crippen LogP contribution in [0.3, 0.4) is 0 Å². The molecule has 15 heteroatoms. The Kier molecular flexibility index (Phi) is 7.61. The van der Waals surface area contributed by atoms with Crippen LogP contribution in [0.25, 0.3) is 61.0 Å². The predicted octanol–water partition coefficient (Wildman–Crippen LogP) is 5.86. The highest BCUT2D eigenvalue weighted by molar-refractivity contribution is 7.92. The zero-order chi connectivity index (χ0) is 36.9. The summed E-state index contributed by atoms with van der Waals surface area (Å²) in [5.41, 5.74) is 1.77. The molecule has 11 nitrogen and oxygen atoms in total. The summed E-state index contributed by atoms with van der Waals surface area (Å²) in [7, 11) is -1.12. The van der Waals surface area contributed by atoms with Gasteiger partial charge in [-0.25, -0.2) is 31.6 Å². The fourth-order valence-corrected chi connectivity index (χ4v) is 7.55. The number of pyridine rings is 1. The zero-order valence-corrected chi connectivity index (χ0v) is 29.1. The van der Waals surface area contributed by atoms with E-state index in [-0.39, 0.29) is 39.1 Å². The lowest BCUT2D eigenvalue weighted by molar-refractivity contribution is -0.0880. The van der Waals surface area contributed by atoms with Gasteiger partial charge in [-0.05, 0) is 55.5 Å². The number of hydrogen-bond donors (Lipinski definition) is 2. The summed E-state index contributed by atoms with van der Waals surface area (Å²) in [6, 6.07) is 15.7. The SMILES string of the molecule is CNC(=O)c1c(-c2ccc(F)cc2F)oc2cc(N(C)S(C)(=O)=O)c(-c3ccc4nc(CN5CC(C)(O)C5)n5c6cccc(F)c6cc5c4n3)cc12. The van der Waals surface area contributed by atoms with Crippen molar-refractivity contribution in [3.05, 3.63) is 95.6 Å². The number of fused-ring (bicyclic) bond motifs is 6. The molecule has 1 fully saturated rings. The third kappa shape index (κ3) is 5.43. The Morgan fingerprint density at radius 2 is 1.75 bits per heavy atom. The Bertz CT molecular complexity index is 2750. The van der Waals surface area contributed by atoms with Gasteiger partial charge in [-0.15, -0.1) is 0 Å². The van der Waals surface area contributed by atoms with Crippen LogP contribution >= 0.6 is 0 Å². The number of aromatic nitrogens is 3. The van der Waals surface area contributed by atoms with Crippen LogP contribution in [0, 0.1) is 17.5 Å². The summed E-state index contributed by atoms with van der Waals surface area (Å²) in [5.74, 6) is -2.39. The molecule has 4 aromatic heterocycles. The molecule has 266 valence electrons. The normalized spacial score (nSPS) is 14.8. The molecule has 1 saturated heterocycles. The van der Waals surface area contributed by atoms with Crippen LogP contribution in [0.1, 0.15) is 23.1 Å². The minimum atomic E-state index is -3.86. The van der Waals surface area contributed by atoms with Gasteiger partial charge in [-0.3, -0.25) is 18.4 Å². The van der Waals surface area contributed by atoms with Gasteiger partial charge in [-0.1, -0.05) is 6.07 Å². The Balaban J connectivity index is 1.39. The van der Waals surface area contributed by atoms with Crippen molar-refractivity contribution in [1.82, 2.24) is 24.6 Å². The van der Waals surface area contributed by atoms with Gasteiger partial charge in [0.2, 0.25) is 10.0 Å². The highest BCUT2D eigenvalue weighted by Gasteiger charge is 2.37. The lowest BCUT2D eigenvalue weighted by Crippen LogP contribution is -2.59. The predicted molar refractivity (Wildman–Crippen MR) is 191 cm³/mol. The van der Waals surface area contributed by atoms with Crippen molar-refractivity contribution in [3.8, 4) is 22.6 Å². The van der Waals surface area contributed by atoms with Crippen LogP contribution in [0.4, 0.5) is 18.9 Å². The van der Waals surface area contributed by atoms with Gasteiger partial charge in [0.15, 0.2) is 5.76 Å². The van der Waals surface area contributed by atoms with Crippen molar-refractivity contribution in [2.24, 2.45) is 0 Å². The number of β-amino-alcohol motifs (C(OH)–C–C–N with tert-alkyl or cyclic N) is 1. The van der Waals surface area contributed by atoms with Crippen LogP contribution in [0.2, 0.25) is 0 Å². The Hall–Kier alpha value is -5.51. The molecule has 0 aliphatic carbocycles. The third-order valence-corrected chi connectivity index (χ3v) is 10.7. The highest BCUT2D eigenvalue weighted by atomic mass is 32.2. The number of furan rings is 1. The van der Waals surface area contributed by atoms with Gasteiger partial charge in [0.1, 0.15) is 34.4 Å². The van der Waals surface area contributed by atoms with Gasteiger partial charge in [0, 0.05) is 55.7 Å². The molecule has 8 rings (SSSR count). The molecule has 7 aromatic rings. The van der Waals surface area contributed by atoms with E-state index in [4.69, 9.17) is 14.4 Å². The summed E-state index contributed by atoms with van der Waals surface area (Å²) in [4.78, 5) is 25.3. The molecule has 0 radical (unpaired) electrons. The smallest absolute Gasteiger partial charge is 0.255 e. The van der Waals surface area contributed by atoms with Gasteiger partial charge in [-0.2, -0.15) is 0 Å². The van der Waals surface area contributed by atoms with Crippen LogP contribution < -0.4 is 9.62 Å². The van der Waals surface area contributed by atoms with E-state index in [1.165, 1.54) is 26.2 Å². The molecular weight excluding hydrogens is 698 g/mol. The lowest BCUT2D eigenvalue weighted by atomic mass is 9.97. The first-order chi connectivity index (χ1) is 24.6. The molecule has 0 bridgehead atoms. The second-order valence-corrected chi connectivity index (χ2v) is 15.4. The first-order valence-corrected chi connectivity index (χ1v) is 18.0. The van der Waals surface area contributed by atoms with Crippen molar-refractivity contribution in [3.63, 3.8) is 0 Å². The molecule has 52 heavy (non-hydrogen) atoms. The maximum Gasteiger partial charge on any atom is 0.255 e. The Morgan fingerprint density at radius 3 is 2.44 bits per heavy atom. The average molecular weight is 729 g/mol. The van der Waals surface area contributed by atoms with E-state index in [1.807, 2.05) is 9.30 Å². The first-order valence-electron chi connectivity index (χ1n) is 16.2. The standard InChI is InChI=1S/C37H31F3N6O5S/c1-37(48)17-45(18-37)16-32-42-27-11-10-26(43-34(27)30-14-21-24(39)6-5-7-28(21)46(30)32)22-13-23-31(15-29(22)44(3)52(4,49)50)51-35(33(23)36(47)41-2)20-9-8-19(38)12-25(20)40/h5-15,48H,16-18H2,1-4H3,(H,41,47). The number of likely N-dealkylation sites (tertiary alicyclic amines) is 1. The van der Waals surface area contributed by atoms with E-state index in [1.54, 1.807) is 43.3 Å². The maximum atomic E-state index is 15.2. The highest BCUT2D eigenvalue weighted by Crippen LogP contribution is 2.42.